The third-order valence-electron chi connectivity index (χ3n) is 4.58. The molecule has 2 aliphatic rings. The summed E-state index contributed by atoms with van der Waals surface area (Å²) in [7, 11) is 0. The van der Waals surface area contributed by atoms with Gasteiger partial charge in [0, 0.05) is 31.1 Å². The van der Waals surface area contributed by atoms with Crippen molar-refractivity contribution in [3.63, 3.8) is 0 Å². The van der Waals surface area contributed by atoms with Gasteiger partial charge in [-0.25, -0.2) is 0 Å². The van der Waals surface area contributed by atoms with Crippen LogP contribution in [0.4, 0.5) is 0 Å². The van der Waals surface area contributed by atoms with Crippen molar-refractivity contribution >= 4 is 23.6 Å². The molecule has 2 N–H and O–H groups in total. The molecule has 25 heavy (non-hydrogen) atoms. The van der Waals surface area contributed by atoms with Gasteiger partial charge >= 0.3 is 0 Å². The van der Waals surface area contributed by atoms with Crippen LogP contribution >= 0.6 is 11.8 Å². The summed E-state index contributed by atoms with van der Waals surface area (Å²) < 4.78 is 0. The van der Waals surface area contributed by atoms with Crippen LogP contribution < -0.4 is 10.6 Å². The smallest absolute Gasteiger partial charge is 0.252 e. The molecule has 1 aromatic rings. The molecule has 0 atom stereocenters. The zero-order valence-corrected chi connectivity index (χ0v) is 15.2. The van der Waals surface area contributed by atoms with E-state index in [2.05, 4.69) is 16.7 Å². The SMILES string of the molecule is O=C(NCC1=CCNCC1)c1ccccc1SCC(=O)N1CCCC1. The zero-order valence-electron chi connectivity index (χ0n) is 14.4. The average molecular weight is 359 g/mol. The summed E-state index contributed by atoms with van der Waals surface area (Å²) in [6.45, 7) is 4.16. The highest BCUT2D eigenvalue weighted by atomic mass is 32.2. The maximum Gasteiger partial charge on any atom is 0.252 e. The first-order valence-electron chi connectivity index (χ1n) is 8.90. The van der Waals surface area contributed by atoms with Crippen molar-refractivity contribution in [2.75, 3.05) is 38.5 Å². The van der Waals surface area contributed by atoms with Crippen molar-refractivity contribution in [3.05, 3.63) is 41.5 Å². The standard InChI is InChI=1S/C19H25N3O2S/c23-18(22-11-3-4-12-22)14-25-17-6-2-1-5-16(17)19(24)21-13-15-7-9-20-10-8-15/h1-2,5-7,20H,3-4,8-14H2,(H,21,24). The molecular weight excluding hydrogens is 334 g/mol. The minimum Gasteiger partial charge on any atom is -0.348 e. The Labute approximate surface area is 153 Å². The number of nitrogens with zero attached hydrogens (tertiary/aromatic N) is 1. The molecule has 0 saturated carbocycles. The number of benzene rings is 1. The van der Waals surface area contributed by atoms with Gasteiger partial charge < -0.3 is 15.5 Å². The Balaban J connectivity index is 1.56. The van der Waals surface area contributed by atoms with Crippen LogP contribution in [0, 0.1) is 0 Å². The van der Waals surface area contributed by atoms with Crippen LogP contribution in [-0.2, 0) is 4.79 Å². The first kappa shape index (κ1) is 18.0. The van der Waals surface area contributed by atoms with Crippen molar-refractivity contribution in [2.24, 2.45) is 0 Å². The number of carbonyl (C=O) groups is 2. The van der Waals surface area contributed by atoms with E-state index in [9.17, 15) is 9.59 Å². The minimum absolute atomic E-state index is 0.0730. The number of amides is 2. The first-order valence-corrected chi connectivity index (χ1v) is 9.89. The first-order chi connectivity index (χ1) is 12.2. The Morgan fingerprint density at radius 2 is 2.00 bits per heavy atom. The Hall–Kier alpha value is -1.79. The highest BCUT2D eigenvalue weighted by Gasteiger charge is 2.19. The number of likely N-dealkylation sites (tertiary alicyclic amines) is 1. The summed E-state index contributed by atoms with van der Waals surface area (Å²) in [5.41, 5.74) is 1.91. The fraction of sp³-hybridized carbons (Fsp3) is 0.474. The summed E-state index contributed by atoms with van der Waals surface area (Å²) in [5.74, 6) is 0.481. The second-order valence-corrected chi connectivity index (χ2v) is 7.39. The van der Waals surface area contributed by atoms with Gasteiger partial charge in [-0.3, -0.25) is 9.59 Å². The third-order valence-corrected chi connectivity index (χ3v) is 5.63. The second kappa shape index (κ2) is 9.06. The van der Waals surface area contributed by atoms with Crippen molar-refractivity contribution in [1.29, 1.82) is 0 Å². The summed E-state index contributed by atoms with van der Waals surface area (Å²) in [6, 6.07) is 7.52. The van der Waals surface area contributed by atoms with Gasteiger partial charge in [-0.1, -0.05) is 23.8 Å². The van der Waals surface area contributed by atoms with Crippen molar-refractivity contribution < 1.29 is 9.59 Å². The molecule has 1 fully saturated rings. The molecule has 1 saturated heterocycles. The maximum absolute atomic E-state index is 12.5. The quantitative estimate of drug-likeness (QED) is 0.603. The molecule has 2 amide bonds. The van der Waals surface area contributed by atoms with E-state index in [1.165, 1.54) is 17.3 Å². The Morgan fingerprint density at radius 1 is 1.20 bits per heavy atom. The van der Waals surface area contributed by atoms with E-state index >= 15 is 0 Å². The van der Waals surface area contributed by atoms with Crippen LogP contribution in [0.2, 0.25) is 0 Å². The van der Waals surface area contributed by atoms with Gasteiger partial charge in [-0.2, -0.15) is 0 Å². The molecule has 2 heterocycles. The number of carbonyl (C=O) groups excluding carboxylic acids is 2. The maximum atomic E-state index is 12.5. The summed E-state index contributed by atoms with van der Waals surface area (Å²) >= 11 is 1.46. The van der Waals surface area contributed by atoms with Crippen molar-refractivity contribution in [3.8, 4) is 0 Å². The number of hydrogen-bond donors (Lipinski definition) is 2. The largest absolute Gasteiger partial charge is 0.348 e. The number of rotatable bonds is 6. The van der Waals surface area contributed by atoms with E-state index in [1.807, 2.05) is 29.2 Å². The predicted molar refractivity (Wildman–Crippen MR) is 101 cm³/mol. The second-order valence-electron chi connectivity index (χ2n) is 6.37. The molecule has 0 spiro atoms. The number of hydrogen-bond acceptors (Lipinski definition) is 4. The van der Waals surface area contributed by atoms with Gasteiger partial charge in [0.05, 0.1) is 11.3 Å². The molecular formula is C19H25N3O2S. The Bertz CT molecular complexity index is 654. The molecule has 0 unspecified atom stereocenters. The normalized spacial score (nSPS) is 17.3. The van der Waals surface area contributed by atoms with Crippen molar-refractivity contribution in [2.45, 2.75) is 24.2 Å². The lowest BCUT2D eigenvalue weighted by Gasteiger charge is -2.16. The lowest BCUT2D eigenvalue weighted by atomic mass is 10.1. The van der Waals surface area contributed by atoms with E-state index in [1.54, 1.807) is 0 Å². The average Bonchev–Trinajstić information content (AvgIpc) is 3.20. The highest BCUT2D eigenvalue weighted by molar-refractivity contribution is 8.00. The Kier molecular flexibility index (Phi) is 6.53. The van der Waals surface area contributed by atoms with Crippen LogP contribution in [0.15, 0.2) is 40.8 Å². The van der Waals surface area contributed by atoms with Crippen LogP contribution in [-0.4, -0.2) is 55.2 Å². The minimum atomic E-state index is -0.0730. The molecule has 0 radical (unpaired) electrons. The van der Waals surface area contributed by atoms with Crippen molar-refractivity contribution in [1.82, 2.24) is 15.5 Å². The fourth-order valence-corrected chi connectivity index (χ4v) is 4.05. The van der Waals surface area contributed by atoms with Crippen LogP contribution in [0.25, 0.3) is 0 Å². The summed E-state index contributed by atoms with van der Waals surface area (Å²) in [5, 5.41) is 6.27. The van der Waals surface area contributed by atoms with Gasteiger partial charge in [0.25, 0.3) is 5.91 Å². The molecule has 134 valence electrons. The molecule has 3 rings (SSSR count). The topological polar surface area (TPSA) is 61.4 Å². The van der Waals surface area contributed by atoms with E-state index in [4.69, 9.17) is 0 Å². The fourth-order valence-electron chi connectivity index (χ4n) is 3.10. The predicted octanol–water partition coefficient (Wildman–Crippen LogP) is 2.05. The lowest BCUT2D eigenvalue weighted by Crippen LogP contribution is -2.30. The van der Waals surface area contributed by atoms with Gasteiger partial charge in [0.2, 0.25) is 5.91 Å². The molecule has 0 aliphatic carbocycles. The summed E-state index contributed by atoms with van der Waals surface area (Å²) in [4.78, 5) is 27.6. The zero-order chi connectivity index (χ0) is 17.5. The van der Waals surface area contributed by atoms with Gasteiger partial charge in [0.1, 0.15) is 0 Å². The van der Waals surface area contributed by atoms with Gasteiger partial charge in [-0.05, 0) is 37.9 Å². The molecule has 0 bridgehead atoms. The number of thioether (sulfide) groups is 1. The highest BCUT2D eigenvalue weighted by Crippen LogP contribution is 2.24. The molecule has 5 nitrogen and oxygen atoms in total. The third kappa shape index (κ3) is 5.09. The molecule has 0 aromatic heterocycles. The molecule has 6 heteroatoms. The summed E-state index contributed by atoms with van der Waals surface area (Å²) in [6.07, 6.45) is 5.31. The number of nitrogens with one attached hydrogen (secondary N) is 2. The van der Waals surface area contributed by atoms with Gasteiger partial charge in [-0.15, -0.1) is 11.8 Å². The van der Waals surface area contributed by atoms with Crippen LogP contribution in [0.3, 0.4) is 0 Å². The van der Waals surface area contributed by atoms with E-state index in [0.29, 0.717) is 17.9 Å². The van der Waals surface area contributed by atoms with E-state index in [-0.39, 0.29) is 11.8 Å². The van der Waals surface area contributed by atoms with Gasteiger partial charge in [0.15, 0.2) is 0 Å². The molecule has 1 aromatic carbocycles. The molecule has 2 aliphatic heterocycles. The monoisotopic (exact) mass is 359 g/mol. The van der Waals surface area contributed by atoms with E-state index < -0.39 is 0 Å². The Morgan fingerprint density at radius 3 is 2.76 bits per heavy atom. The van der Waals surface area contributed by atoms with E-state index in [0.717, 1.165) is 50.3 Å². The van der Waals surface area contributed by atoms with Crippen LogP contribution in [0.5, 0.6) is 0 Å². The van der Waals surface area contributed by atoms with Crippen LogP contribution in [0.1, 0.15) is 29.6 Å². The lowest BCUT2D eigenvalue weighted by molar-refractivity contribution is -0.127.